The highest BCUT2D eigenvalue weighted by Gasteiger charge is 2.11. The van der Waals surface area contributed by atoms with Gasteiger partial charge in [0.05, 0.1) is 5.69 Å². The molecule has 0 spiro atoms. The summed E-state index contributed by atoms with van der Waals surface area (Å²) in [5.74, 6) is 1.59. The molecule has 24 heavy (non-hydrogen) atoms. The lowest BCUT2D eigenvalue weighted by atomic mass is 10.1. The van der Waals surface area contributed by atoms with Gasteiger partial charge in [0.1, 0.15) is 5.82 Å². The fourth-order valence-electron chi connectivity index (χ4n) is 2.86. The van der Waals surface area contributed by atoms with Gasteiger partial charge in [0.2, 0.25) is 0 Å². The number of imidazole rings is 1. The zero-order chi connectivity index (χ0) is 16.9. The van der Waals surface area contributed by atoms with Crippen LogP contribution in [-0.2, 0) is 20.1 Å². The van der Waals surface area contributed by atoms with Crippen molar-refractivity contribution in [1.82, 2.24) is 29.6 Å². The van der Waals surface area contributed by atoms with Gasteiger partial charge in [-0.15, -0.1) is 0 Å². The minimum atomic E-state index is 0.524. The number of nitrogens with one attached hydrogen (secondary N) is 1. The van der Waals surface area contributed by atoms with Gasteiger partial charge in [0.15, 0.2) is 0 Å². The number of aryl methyl sites for hydroxylation is 2. The first-order valence-electron chi connectivity index (χ1n) is 8.25. The molecular formula is C18H24N6. The van der Waals surface area contributed by atoms with Crippen molar-refractivity contribution in [2.75, 3.05) is 6.54 Å². The quantitative estimate of drug-likeness (QED) is 0.725. The molecule has 0 bridgehead atoms. The minimum Gasteiger partial charge on any atom is -0.335 e. The van der Waals surface area contributed by atoms with Gasteiger partial charge in [-0.2, -0.15) is 5.10 Å². The fourth-order valence-corrected chi connectivity index (χ4v) is 2.86. The highest BCUT2D eigenvalue weighted by atomic mass is 15.3. The zero-order valence-electron chi connectivity index (χ0n) is 14.5. The van der Waals surface area contributed by atoms with Crippen LogP contribution in [0.4, 0.5) is 0 Å². The van der Waals surface area contributed by atoms with Crippen LogP contribution in [0.3, 0.4) is 0 Å². The van der Waals surface area contributed by atoms with Gasteiger partial charge in [-0.1, -0.05) is 6.92 Å². The molecule has 0 radical (unpaired) electrons. The standard InChI is InChI=1S/C18H24N6/c1-14(12-24-8-7-21-15(24)2)9-20-11-17-13-23(3)22-18(17)16-5-4-6-19-10-16/h4-8,10,13-14,20H,9,11-12H2,1-3H3. The van der Waals surface area contributed by atoms with E-state index >= 15 is 0 Å². The molecule has 126 valence electrons. The lowest BCUT2D eigenvalue weighted by molar-refractivity contribution is 0.440. The Labute approximate surface area is 142 Å². The van der Waals surface area contributed by atoms with Crippen LogP contribution in [0.25, 0.3) is 11.3 Å². The molecule has 0 saturated carbocycles. The van der Waals surface area contributed by atoms with Crippen molar-refractivity contribution in [3.63, 3.8) is 0 Å². The molecule has 0 amide bonds. The van der Waals surface area contributed by atoms with E-state index in [1.54, 1.807) is 6.20 Å². The maximum Gasteiger partial charge on any atom is 0.105 e. The smallest absolute Gasteiger partial charge is 0.105 e. The number of nitrogens with zero attached hydrogens (tertiary/aromatic N) is 5. The predicted molar refractivity (Wildman–Crippen MR) is 94.3 cm³/mol. The third kappa shape index (κ3) is 3.89. The Hall–Kier alpha value is -2.47. The summed E-state index contributed by atoms with van der Waals surface area (Å²) in [5.41, 5.74) is 3.24. The highest BCUT2D eigenvalue weighted by Crippen LogP contribution is 2.20. The molecule has 1 atom stereocenters. The van der Waals surface area contributed by atoms with Crippen molar-refractivity contribution in [2.45, 2.75) is 26.9 Å². The second-order valence-electron chi connectivity index (χ2n) is 6.28. The van der Waals surface area contributed by atoms with Gasteiger partial charge in [-0.3, -0.25) is 9.67 Å². The second kappa shape index (κ2) is 7.40. The summed E-state index contributed by atoms with van der Waals surface area (Å²) in [7, 11) is 1.95. The SMILES string of the molecule is Cc1nccn1CC(C)CNCc1cn(C)nc1-c1cccnc1. The molecule has 3 heterocycles. The third-order valence-corrected chi connectivity index (χ3v) is 4.08. The lowest BCUT2D eigenvalue weighted by Gasteiger charge is -2.14. The Bertz CT molecular complexity index is 774. The van der Waals surface area contributed by atoms with Crippen LogP contribution in [0.5, 0.6) is 0 Å². The first-order chi connectivity index (χ1) is 11.6. The largest absolute Gasteiger partial charge is 0.335 e. The van der Waals surface area contributed by atoms with E-state index in [9.17, 15) is 0 Å². The molecule has 6 heteroatoms. The van der Waals surface area contributed by atoms with Crippen molar-refractivity contribution in [3.05, 3.63) is 54.5 Å². The van der Waals surface area contributed by atoms with Crippen molar-refractivity contribution in [1.29, 1.82) is 0 Å². The summed E-state index contributed by atoms with van der Waals surface area (Å²) >= 11 is 0. The van der Waals surface area contributed by atoms with Crippen LogP contribution in [0, 0.1) is 12.8 Å². The summed E-state index contributed by atoms with van der Waals surface area (Å²) in [5, 5.41) is 8.12. The Morgan fingerprint density at radius 1 is 1.29 bits per heavy atom. The van der Waals surface area contributed by atoms with Crippen molar-refractivity contribution in [2.24, 2.45) is 13.0 Å². The molecule has 0 saturated heterocycles. The number of pyridine rings is 1. The van der Waals surface area contributed by atoms with Crippen LogP contribution in [0.1, 0.15) is 18.3 Å². The Balaban J connectivity index is 1.58. The van der Waals surface area contributed by atoms with E-state index < -0.39 is 0 Å². The van der Waals surface area contributed by atoms with E-state index in [-0.39, 0.29) is 0 Å². The van der Waals surface area contributed by atoms with Crippen LogP contribution in [-0.4, -0.2) is 30.9 Å². The predicted octanol–water partition coefficient (Wildman–Crippen LogP) is 2.41. The fraction of sp³-hybridized carbons (Fsp3) is 0.389. The van der Waals surface area contributed by atoms with E-state index in [0.29, 0.717) is 5.92 Å². The summed E-state index contributed by atoms with van der Waals surface area (Å²) in [4.78, 5) is 8.46. The monoisotopic (exact) mass is 324 g/mol. The van der Waals surface area contributed by atoms with Crippen LogP contribution >= 0.6 is 0 Å². The van der Waals surface area contributed by atoms with E-state index in [1.807, 2.05) is 49.4 Å². The molecule has 0 fully saturated rings. The van der Waals surface area contributed by atoms with E-state index in [2.05, 4.69) is 38.1 Å². The van der Waals surface area contributed by atoms with Crippen LogP contribution < -0.4 is 5.32 Å². The number of aromatic nitrogens is 5. The summed E-state index contributed by atoms with van der Waals surface area (Å²) in [6.07, 6.45) is 9.60. The highest BCUT2D eigenvalue weighted by molar-refractivity contribution is 5.61. The molecule has 0 aliphatic rings. The van der Waals surface area contributed by atoms with Gasteiger partial charge >= 0.3 is 0 Å². The Morgan fingerprint density at radius 2 is 2.17 bits per heavy atom. The van der Waals surface area contributed by atoms with Gasteiger partial charge in [0, 0.05) is 62.2 Å². The van der Waals surface area contributed by atoms with E-state index in [1.165, 1.54) is 5.56 Å². The van der Waals surface area contributed by atoms with Gasteiger partial charge in [0.25, 0.3) is 0 Å². The average Bonchev–Trinajstić information content (AvgIpc) is 3.14. The molecule has 1 N–H and O–H groups in total. The molecular weight excluding hydrogens is 300 g/mol. The summed E-state index contributed by atoms with van der Waals surface area (Å²) < 4.78 is 4.05. The zero-order valence-corrected chi connectivity index (χ0v) is 14.5. The van der Waals surface area contributed by atoms with E-state index in [0.717, 1.165) is 36.7 Å². The Kier molecular flexibility index (Phi) is 5.05. The van der Waals surface area contributed by atoms with Crippen molar-refractivity contribution < 1.29 is 0 Å². The second-order valence-corrected chi connectivity index (χ2v) is 6.28. The molecule has 3 aromatic heterocycles. The lowest BCUT2D eigenvalue weighted by Crippen LogP contribution is -2.24. The third-order valence-electron chi connectivity index (χ3n) is 4.08. The molecule has 1 unspecified atom stereocenters. The normalized spacial score (nSPS) is 12.5. The number of hydrogen-bond acceptors (Lipinski definition) is 4. The van der Waals surface area contributed by atoms with Crippen molar-refractivity contribution >= 4 is 0 Å². The summed E-state index contributed by atoms with van der Waals surface area (Å²) in [6, 6.07) is 3.99. The van der Waals surface area contributed by atoms with Gasteiger partial charge < -0.3 is 9.88 Å². The van der Waals surface area contributed by atoms with Crippen LogP contribution in [0.15, 0.2) is 43.1 Å². The molecule has 3 rings (SSSR count). The van der Waals surface area contributed by atoms with Gasteiger partial charge in [-0.25, -0.2) is 4.98 Å². The number of hydrogen-bond donors (Lipinski definition) is 1. The van der Waals surface area contributed by atoms with Crippen molar-refractivity contribution in [3.8, 4) is 11.3 Å². The minimum absolute atomic E-state index is 0.524. The average molecular weight is 324 g/mol. The number of rotatable bonds is 7. The van der Waals surface area contributed by atoms with E-state index in [4.69, 9.17) is 0 Å². The van der Waals surface area contributed by atoms with Crippen LogP contribution in [0.2, 0.25) is 0 Å². The van der Waals surface area contributed by atoms with Gasteiger partial charge in [-0.05, 0) is 31.5 Å². The molecule has 0 aromatic carbocycles. The first kappa shape index (κ1) is 16.4. The molecule has 6 nitrogen and oxygen atoms in total. The maximum atomic E-state index is 4.58. The molecule has 0 aliphatic heterocycles. The molecule has 3 aromatic rings. The summed E-state index contributed by atoms with van der Waals surface area (Å²) in [6.45, 7) is 7.00. The Morgan fingerprint density at radius 3 is 2.88 bits per heavy atom. The molecule has 0 aliphatic carbocycles. The topological polar surface area (TPSA) is 60.6 Å². The first-order valence-corrected chi connectivity index (χ1v) is 8.25. The maximum absolute atomic E-state index is 4.58.